The molecule has 0 atom stereocenters. The van der Waals surface area contributed by atoms with Crippen LogP contribution >= 0.6 is 15.9 Å². The summed E-state index contributed by atoms with van der Waals surface area (Å²) in [5.74, 6) is 1.07. The van der Waals surface area contributed by atoms with Crippen LogP contribution in [0.15, 0.2) is 50.2 Å². The second-order valence-electron chi connectivity index (χ2n) is 4.78. The Hall–Kier alpha value is -2.14. The largest absolute Gasteiger partial charge is 0.439 e. The van der Waals surface area contributed by atoms with Crippen LogP contribution in [0, 0.1) is 13.8 Å². The number of ether oxygens (including phenoxy) is 1. The minimum Gasteiger partial charge on any atom is -0.439 e. The van der Waals surface area contributed by atoms with E-state index in [1.807, 2.05) is 32.0 Å². The molecule has 3 rings (SSSR count). The standard InChI is InChI=1S/C16H12BrNO3/c1-9-6-16(19)21-14-7-11(3-4-12(9)14)20-15-5-10(2)13(17)8-18-15/h3-8H,1-2H3. The third kappa shape index (κ3) is 2.83. The van der Waals surface area contributed by atoms with Gasteiger partial charge in [-0.1, -0.05) is 0 Å². The van der Waals surface area contributed by atoms with E-state index in [-0.39, 0.29) is 5.63 Å². The highest BCUT2D eigenvalue weighted by Gasteiger charge is 2.06. The number of pyridine rings is 1. The summed E-state index contributed by atoms with van der Waals surface area (Å²) < 4.78 is 11.8. The smallest absolute Gasteiger partial charge is 0.336 e. The molecule has 0 spiro atoms. The van der Waals surface area contributed by atoms with Crippen LogP contribution < -0.4 is 10.4 Å². The molecule has 4 nitrogen and oxygen atoms in total. The SMILES string of the molecule is Cc1cc(Oc2ccc3c(C)cc(=O)oc3c2)ncc1Br. The fraction of sp³-hybridized carbons (Fsp3) is 0.125. The van der Waals surface area contributed by atoms with Gasteiger partial charge in [0.25, 0.3) is 0 Å². The van der Waals surface area contributed by atoms with Gasteiger partial charge in [0.05, 0.1) is 0 Å². The Balaban J connectivity index is 2.01. The van der Waals surface area contributed by atoms with E-state index >= 15 is 0 Å². The number of fused-ring (bicyclic) bond motifs is 1. The zero-order chi connectivity index (χ0) is 15.0. The Morgan fingerprint density at radius 2 is 1.95 bits per heavy atom. The van der Waals surface area contributed by atoms with Crippen molar-refractivity contribution in [1.82, 2.24) is 4.98 Å². The van der Waals surface area contributed by atoms with Gasteiger partial charge in [-0.15, -0.1) is 0 Å². The van der Waals surface area contributed by atoms with E-state index in [1.165, 1.54) is 6.07 Å². The van der Waals surface area contributed by atoms with Crippen molar-refractivity contribution in [3.63, 3.8) is 0 Å². The Kier molecular flexibility index (Phi) is 3.51. The molecule has 0 bridgehead atoms. The highest BCUT2D eigenvalue weighted by atomic mass is 79.9. The molecule has 0 unspecified atom stereocenters. The molecule has 0 amide bonds. The third-order valence-corrected chi connectivity index (χ3v) is 4.00. The summed E-state index contributed by atoms with van der Waals surface area (Å²) in [7, 11) is 0. The molecule has 2 heterocycles. The van der Waals surface area contributed by atoms with Gasteiger partial charge in [0.1, 0.15) is 11.3 Å². The van der Waals surface area contributed by atoms with Gasteiger partial charge in [-0.25, -0.2) is 9.78 Å². The first-order valence-electron chi connectivity index (χ1n) is 6.37. The molecule has 0 saturated carbocycles. The number of halogens is 1. The van der Waals surface area contributed by atoms with Gasteiger partial charge in [-0.05, 0) is 53.0 Å². The fourth-order valence-electron chi connectivity index (χ4n) is 2.06. The van der Waals surface area contributed by atoms with Crippen LogP contribution in [0.2, 0.25) is 0 Å². The Morgan fingerprint density at radius 1 is 1.14 bits per heavy atom. The summed E-state index contributed by atoms with van der Waals surface area (Å²) in [5, 5.41) is 0.891. The molecule has 2 aromatic heterocycles. The fourth-order valence-corrected chi connectivity index (χ4v) is 2.28. The van der Waals surface area contributed by atoms with E-state index in [0.717, 1.165) is 21.0 Å². The highest BCUT2D eigenvalue weighted by molar-refractivity contribution is 9.10. The van der Waals surface area contributed by atoms with Crippen LogP contribution in [-0.4, -0.2) is 4.98 Å². The summed E-state index contributed by atoms with van der Waals surface area (Å²) in [6.07, 6.45) is 1.69. The van der Waals surface area contributed by atoms with Crippen LogP contribution in [0.25, 0.3) is 11.0 Å². The molecule has 5 heteroatoms. The highest BCUT2D eigenvalue weighted by Crippen LogP contribution is 2.27. The van der Waals surface area contributed by atoms with Gasteiger partial charge in [-0.3, -0.25) is 0 Å². The van der Waals surface area contributed by atoms with Gasteiger partial charge >= 0.3 is 5.63 Å². The lowest BCUT2D eigenvalue weighted by molar-refractivity contribution is 0.460. The maximum Gasteiger partial charge on any atom is 0.336 e. The van der Waals surface area contributed by atoms with Crippen molar-refractivity contribution in [2.75, 3.05) is 0 Å². The van der Waals surface area contributed by atoms with Crippen LogP contribution in [0.1, 0.15) is 11.1 Å². The number of aromatic nitrogens is 1. The van der Waals surface area contributed by atoms with Crippen molar-refractivity contribution >= 4 is 26.9 Å². The van der Waals surface area contributed by atoms with Crippen LogP contribution in [0.4, 0.5) is 0 Å². The Bertz CT molecular complexity index is 886. The van der Waals surface area contributed by atoms with E-state index in [4.69, 9.17) is 9.15 Å². The molecular weight excluding hydrogens is 334 g/mol. The maximum atomic E-state index is 11.4. The van der Waals surface area contributed by atoms with Crippen LogP contribution in [0.3, 0.4) is 0 Å². The minimum absolute atomic E-state index is 0.366. The van der Waals surface area contributed by atoms with Gasteiger partial charge in [0.2, 0.25) is 5.88 Å². The second kappa shape index (κ2) is 5.33. The molecule has 1 aromatic carbocycles. The molecule has 0 saturated heterocycles. The van der Waals surface area contributed by atoms with Gasteiger partial charge in [0.15, 0.2) is 0 Å². The van der Waals surface area contributed by atoms with Crippen molar-refractivity contribution in [2.45, 2.75) is 13.8 Å². The minimum atomic E-state index is -0.366. The van der Waals surface area contributed by atoms with Crippen LogP contribution in [-0.2, 0) is 0 Å². The number of aryl methyl sites for hydroxylation is 2. The van der Waals surface area contributed by atoms with E-state index in [1.54, 1.807) is 12.3 Å². The first kappa shape index (κ1) is 13.8. The average molecular weight is 346 g/mol. The first-order valence-corrected chi connectivity index (χ1v) is 7.17. The summed E-state index contributed by atoms with van der Waals surface area (Å²) in [6, 6.07) is 8.70. The molecule has 106 valence electrons. The summed E-state index contributed by atoms with van der Waals surface area (Å²) in [6.45, 7) is 3.83. The molecule has 3 aromatic rings. The lowest BCUT2D eigenvalue weighted by Crippen LogP contribution is -1.98. The average Bonchev–Trinajstić information content (AvgIpc) is 2.42. The number of hydrogen-bond donors (Lipinski definition) is 0. The van der Waals surface area contributed by atoms with E-state index in [9.17, 15) is 4.79 Å². The number of hydrogen-bond acceptors (Lipinski definition) is 4. The predicted octanol–water partition coefficient (Wildman–Crippen LogP) is 4.36. The maximum absolute atomic E-state index is 11.4. The lowest BCUT2D eigenvalue weighted by Gasteiger charge is -2.07. The zero-order valence-electron chi connectivity index (χ0n) is 11.5. The molecule has 0 N–H and O–H groups in total. The predicted molar refractivity (Wildman–Crippen MR) is 84.0 cm³/mol. The summed E-state index contributed by atoms with van der Waals surface area (Å²) in [5.41, 5.74) is 2.05. The second-order valence-corrected chi connectivity index (χ2v) is 5.63. The Labute approximate surface area is 129 Å². The summed E-state index contributed by atoms with van der Waals surface area (Å²) >= 11 is 3.40. The molecule has 0 fully saturated rings. The molecule has 0 aliphatic rings. The normalized spacial score (nSPS) is 10.8. The molecule has 0 aliphatic heterocycles. The molecular formula is C16H12BrNO3. The van der Waals surface area contributed by atoms with Crippen LogP contribution in [0.5, 0.6) is 11.6 Å². The van der Waals surface area contributed by atoms with E-state index < -0.39 is 0 Å². The van der Waals surface area contributed by atoms with Gasteiger partial charge in [-0.2, -0.15) is 0 Å². The van der Waals surface area contributed by atoms with Crippen molar-refractivity contribution in [1.29, 1.82) is 0 Å². The Morgan fingerprint density at radius 3 is 2.71 bits per heavy atom. The topological polar surface area (TPSA) is 52.3 Å². The van der Waals surface area contributed by atoms with Gasteiger partial charge < -0.3 is 9.15 Å². The third-order valence-electron chi connectivity index (χ3n) is 3.17. The van der Waals surface area contributed by atoms with Crippen molar-refractivity contribution in [3.05, 3.63) is 62.5 Å². The molecule has 0 radical (unpaired) electrons. The number of nitrogens with zero attached hydrogens (tertiary/aromatic N) is 1. The van der Waals surface area contributed by atoms with E-state index in [2.05, 4.69) is 20.9 Å². The van der Waals surface area contributed by atoms with Crippen molar-refractivity contribution in [2.24, 2.45) is 0 Å². The summed E-state index contributed by atoms with van der Waals surface area (Å²) in [4.78, 5) is 15.6. The number of rotatable bonds is 2. The lowest BCUT2D eigenvalue weighted by atomic mass is 10.1. The quantitative estimate of drug-likeness (QED) is 0.647. The van der Waals surface area contributed by atoms with Crippen molar-refractivity contribution in [3.8, 4) is 11.6 Å². The van der Waals surface area contributed by atoms with Crippen molar-refractivity contribution < 1.29 is 9.15 Å². The van der Waals surface area contributed by atoms with Gasteiger partial charge in [0, 0.05) is 34.3 Å². The zero-order valence-corrected chi connectivity index (χ0v) is 13.1. The molecule has 0 aliphatic carbocycles. The molecule has 21 heavy (non-hydrogen) atoms. The van der Waals surface area contributed by atoms with E-state index in [0.29, 0.717) is 17.2 Å². The monoisotopic (exact) mass is 345 g/mol. The number of benzene rings is 1. The first-order chi connectivity index (χ1) is 10.0.